The molecular formula is C17H17N3O5S2. The van der Waals surface area contributed by atoms with Gasteiger partial charge < -0.3 is 0 Å². The summed E-state index contributed by atoms with van der Waals surface area (Å²) >= 11 is 1.52. The van der Waals surface area contributed by atoms with E-state index >= 15 is 0 Å². The van der Waals surface area contributed by atoms with Gasteiger partial charge in [0.2, 0.25) is 5.82 Å². The third-order valence-corrected chi connectivity index (χ3v) is 5.92. The maximum atomic E-state index is 12.1. The normalized spacial score (nSPS) is 11.6. The summed E-state index contributed by atoms with van der Waals surface area (Å²) in [6.45, 7) is 2.00. The number of H-pyrrole nitrogens is 1. The third kappa shape index (κ3) is 5.28. The minimum absolute atomic E-state index is 0.106. The highest BCUT2D eigenvalue weighted by Gasteiger charge is 2.14. The van der Waals surface area contributed by atoms with Crippen LogP contribution in [-0.2, 0) is 14.3 Å². The van der Waals surface area contributed by atoms with Crippen molar-refractivity contribution in [2.24, 2.45) is 0 Å². The molecule has 0 aliphatic heterocycles. The number of benzene rings is 1. The summed E-state index contributed by atoms with van der Waals surface area (Å²) in [4.78, 5) is 18.6. The van der Waals surface area contributed by atoms with Crippen molar-refractivity contribution in [3.63, 3.8) is 0 Å². The maximum Gasteiger partial charge on any atom is 0.439 e. The number of nitrogens with zero attached hydrogens (tertiary/aromatic N) is 2. The predicted octanol–water partition coefficient (Wildman–Crippen LogP) is 2.62. The molecule has 0 spiro atoms. The van der Waals surface area contributed by atoms with Crippen LogP contribution in [-0.4, -0.2) is 35.9 Å². The second-order valence-corrected chi connectivity index (χ2v) is 8.40. The molecule has 27 heavy (non-hydrogen) atoms. The minimum atomic E-state index is -3.72. The molecule has 2 aromatic heterocycles. The first kappa shape index (κ1) is 19.3. The summed E-state index contributed by atoms with van der Waals surface area (Å²) in [7, 11) is -3.72. The molecule has 0 aliphatic carbocycles. The lowest BCUT2D eigenvalue weighted by Gasteiger charge is -2.06. The van der Waals surface area contributed by atoms with Gasteiger partial charge in [-0.05, 0) is 37.6 Å². The Morgan fingerprint density at radius 2 is 1.96 bits per heavy atom. The molecule has 0 unspecified atom stereocenters. The number of hydrogen-bond acceptors (Lipinski definition) is 8. The van der Waals surface area contributed by atoms with Crippen molar-refractivity contribution < 1.29 is 17.1 Å². The molecule has 10 heteroatoms. The standard InChI is InChI=1S/C17H17N3O5S2/c1-12-3-6-14(7-4-12)27(22,23)24-9-2-10-26-13-5-8-15(18-11-13)16-19-17(21)25-20-16/h3-8,11H,2,9-10H2,1H3,(H,19,20,21). The molecule has 1 aromatic carbocycles. The van der Waals surface area contributed by atoms with Crippen LogP contribution in [0, 0.1) is 6.92 Å². The summed E-state index contributed by atoms with van der Waals surface area (Å²) in [5.41, 5.74) is 1.48. The first-order valence-electron chi connectivity index (χ1n) is 8.05. The lowest BCUT2D eigenvalue weighted by Crippen LogP contribution is -2.08. The molecule has 0 fully saturated rings. The van der Waals surface area contributed by atoms with Gasteiger partial charge in [-0.15, -0.1) is 11.8 Å². The SMILES string of the molecule is Cc1ccc(S(=O)(=O)OCCCSc2ccc(-c3noc(=O)[nH]3)nc2)cc1. The van der Waals surface area contributed by atoms with Gasteiger partial charge in [-0.25, -0.2) is 4.79 Å². The monoisotopic (exact) mass is 407 g/mol. The van der Waals surface area contributed by atoms with E-state index in [4.69, 9.17) is 4.18 Å². The van der Waals surface area contributed by atoms with Gasteiger partial charge in [0, 0.05) is 16.8 Å². The Hall–Kier alpha value is -2.43. The van der Waals surface area contributed by atoms with Gasteiger partial charge in [-0.2, -0.15) is 8.42 Å². The van der Waals surface area contributed by atoms with Crippen LogP contribution in [0.5, 0.6) is 0 Å². The highest BCUT2D eigenvalue weighted by atomic mass is 32.2. The van der Waals surface area contributed by atoms with Crippen LogP contribution in [0.15, 0.2) is 61.7 Å². The zero-order chi connectivity index (χ0) is 19.3. The first-order chi connectivity index (χ1) is 12.9. The van der Waals surface area contributed by atoms with Crippen LogP contribution in [0.2, 0.25) is 0 Å². The number of aryl methyl sites for hydroxylation is 1. The van der Waals surface area contributed by atoms with Crippen LogP contribution in [0.1, 0.15) is 12.0 Å². The Labute approximate surface area is 160 Å². The van der Waals surface area contributed by atoms with E-state index in [0.717, 1.165) is 10.5 Å². The number of aromatic amines is 1. The summed E-state index contributed by atoms with van der Waals surface area (Å²) in [6, 6.07) is 10.1. The maximum absolute atomic E-state index is 12.1. The van der Waals surface area contributed by atoms with Gasteiger partial charge in [-0.3, -0.25) is 18.7 Å². The third-order valence-electron chi connectivity index (χ3n) is 3.52. The molecule has 142 valence electrons. The van der Waals surface area contributed by atoms with Crippen molar-refractivity contribution in [1.29, 1.82) is 0 Å². The quantitative estimate of drug-likeness (QED) is 0.344. The minimum Gasteiger partial charge on any atom is -0.296 e. The number of rotatable bonds is 8. The zero-order valence-electron chi connectivity index (χ0n) is 14.4. The number of thioether (sulfide) groups is 1. The van der Waals surface area contributed by atoms with E-state index in [2.05, 4.69) is 19.6 Å². The summed E-state index contributed by atoms with van der Waals surface area (Å²) in [6.07, 6.45) is 2.21. The second-order valence-electron chi connectivity index (χ2n) is 5.61. The fraction of sp³-hybridized carbons (Fsp3) is 0.235. The Kier molecular flexibility index (Phi) is 6.09. The van der Waals surface area contributed by atoms with E-state index in [1.807, 2.05) is 13.0 Å². The van der Waals surface area contributed by atoms with Crippen molar-refractivity contribution in [1.82, 2.24) is 15.1 Å². The summed E-state index contributed by atoms with van der Waals surface area (Å²) in [5, 5.41) is 3.57. The Bertz CT molecular complexity index is 1040. The van der Waals surface area contributed by atoms with Crippen molar-refractivity contribution in [3.8, 4) is 11.5 Å². The molecule has 0 saturated carbocycles. The highest BCUT2D eigenvalue weighted by Crippen LogP contribution is 2.21. The Morgan fingerprint density at radius 1 is 1.19 bits per heavy atom. The fourth-order valence-electron chi connectivity index (χ4n) is 2.14. The number of nitrogens with one attached hydrogen (secondary N) is 1. The average Bonchev–Trinajstić information content (AvgIpc) is 3.09. The summed E-state index contributed by atoms with van der Waals surface area (Å²) in [5.74, 6) is 0.308. The van der Waals surface area contributed by atoms with E-state index in [0.29, 0.717) is 17.9 Å². The molecule has 3 aromatic rings. The van der Waals surface area contributed by atoms with E-state index in [1.165, 1.54) is 23.9 Å². The lowest BCUT2D eigenvalue weighted by molar-refractivity contribution is 0.319. The predicted molar refractivity (Wildman–Crippen MR) is 100 cm³/mol. The topological polar surface area (TPSA) is 115 Å². The average molecular weight is 407 g/mol. The van der Waals surface area contributed by atoms with Gasteiger partial charge in [0.1, 0.15) is 5.69 Å². The van der Waals surface area contributed by atoms with E-state index in [1.54, 1.807) is 24.4 Å². The highest BCUT2D eigenvalue weighted by molar-refractivity contribution is 7.99. The Morgan fingerprint density at radius 3 is 2.59 bits per heavy atom. The van der Waals surface area contributed by atoms with Crippen LogP contribution in [0.4, 0.5) is 0 Å². The van der Waals surface area contributed by atoms with E-state index in [-0.39, 0.29) is 17.3 Å². The largest absolute Gasteiger partial charge is 0.439 e. The smallest absolute Gasteiger partial charge is 0.296 e. The van der Waals surface area contributed by atoms with Gasteiger partial charge in [0.05, 0.1) is 11.5 Å². The lowest BCUT2D eigenvalue weighted by atomic mass is 10.2. The molecule has 0 aliphatic rings. The fourth-order valence-corrected chi connectivity index (χ4v) is 3.87. The zero-order valence-corrected chi connectivity index (χ0v) is 16.0. The van der Waals surface area contributed by atoms with Crippen molar-refractivity contribution in [3.05, 3.63) is 58.7 Å². The molecular weight excluding hydrogens is 390 g/mol. The molecule has 0 atom stereocenters. The van der Waals surface area contributed by atoms with Crippen LogP contribution < -0.4 is 5.76 Å². The number of hydrogen-bond donors (Lipinski definition) is 1. The molecule has 2 heterocycles. The molecule has 0 radical (unpaired) electrons. The van der Waals surface area contributed by atoms with Gasteiger partial charge in [0.15, 0.2) is 0 Å². The van der Waals surface area contributed by atoms with Crippen LogP contribution in [0.25, 0.3) is 11.5 Å². The van der Waals surface area contributed by atoms with Gasteiger partial charge in [-0.1, -0.05) is 22.9 Å². The van der Waals surface area contributed by atoms with E-state index in [9.17, 15) is 13.2 Å². The van der Waals surface area contributed by atoms with Crippen molar-refractivity contribution in [2.75, 3.05) is 12.4 Å². The molecule has 1 N–H and O–H groups in total. The number of aromatic nitrogens is 3. The van der Waals surface area contributed by atoms with E-state index < -0.39 is 15.9 Å². The molecule has 0 bridgehead atoms. The first-order valence-corrected chi connectivity index (χ1v) is 10.4. The molecule has 8 nitrogen and oxygen atoms in total. The molecule has 0 amide bonds. The van der Waals surface area contributed by atoms with Crippen molar-refractivity contribution >= 4 is 21.9 Å². The Balaban J connectivity index is 1.45. The molecule has 0 saturated heterocycles. The molecule has 3 rings (SSSR count). The number of pyridine rings is 1. The summed E-state index contributed by atoms with van der Waals surface area (Å²) < 4.78 is 33.6. The van der Waals surface area contributed by atoms with Crippen LogP contribution in [0.3, 0.4) is 0 Å². The van der Waals surface area contributed by atoms with Crippen molar-refractivity contribution in [2.45, 2.75) is 23.1 Å². The van der Waals surface area contributed by atoms with Gasteiger partial charge in [0.25, 0.3) is 10.1 Å². The van der Waals surface area contributed by atoms with Gasteiger partial charge >= 0.3 is 5.76 Å². The second kappa shape index (κ2) is 8.51. The van der Waals surface area contributed by atoms with Crippen LogP contribution >= 0.6 is 11.8 Å².